The van der Waals surface area contributed by atoms with Gasteiger partial charge in [-0.3, -0.25) is 0 Å². The monoisotopic (exact) mass is 360 g/mol. The van der Waals surface area contributed by atoms with Gasteiger partial charge in [-0.25, -0.2) is 0 Å². The van der Waals surface area contributed by atoms with Crippen LogP contribution in [0.3, 0.4) is 0 Å². The summed E-state index contributed by atoms with van der Waals surface area (Å²) in [6, 6.07) is 9.33. The molecule has 0 aliphatic heterocycles. The molecule has 1 heterocycles. The molecule has 1 N–H and O–H groups in total. The SMILES string of the molecule is CC(C)Oc1cccc(C(O)c2cc(Br)c(Cl)s2)c1. The summed E-state index contributed by atoms with van der Waals surface area (Å²) in [6.07, 6.45) is -0.581. The highest BCUT2D eigenvalue weighted by atomic mass is 79.9. The lowest BCUT2D eigenvalue weighted by atomic mass is 10.1. The Morgan fingerprint density at radius 2 is 2.05 bits per heavy atom. The molecule has 2 nitrogen and oxygen atoms in total. The number of halogens is 2. The van der Waals surface area contributed by atoms with Crippen LogP contribution in [0.15, 0.2) is 34.8 Å². The highest BCUT2D eigenvalue weighted by molar-refractivity contribution is 9.10. The van der Waals surface area contributed by atoms with Crippen molar-refractivity contribution in [1.29, 1.82) is 0 Å². The Bertz CT molecular complexity index is 549. The van der Waals surface area contributed by atoms with Gasteiger partial charge in [0, 0.05) is 9.35 Å². The predicted molar refractivity (Wildman–Crippen MR) is 83.3 cm³/mol. The lowest BCUT2D eigenvalue weighted by molar-refractivity contribution is 0.219. The number of thiophene rings is 1. The zero-order valence-electron chi connectivity index (χ0n) is 10.6. The van der Waals surface area contributed by atoms with Crippen molar-refractivity contribution in [2.24, 2.45) is 0 Å². The molecule has 0 radical (unpaired) electrons. The molecule has 1 aromatic carbocycles. The third-order valence-corrected chi connectivity index (χ3v) is 5.01. The van der Waals surface area contributed by atoms with Crippen LogP contribution in [0.4, 0.5) is 0 Å². The Morgan fingerprint density at radius 1 is 1.32 bits per heavy atom. The molecule has 0 aliphatic rings. The summed E-state index contributed by atoms with van der Waals surface area (Å²) in [7, 11) is 0. The van der Waals surface area contributed by atoms with Crippen molar-refractivity contribution in [3.05, 3.63) is 49.6 Å². The van der Waals surface area contributed by atoms with Crippen molar-refractivity contribution in [3.8, 4) is 5.75 Å². The summed E-state index contributed by atoms with van der Waals surface area (Å²) >= 11 is 10.7. The molecule has 1 atom stereocenters. The maximum atomic E-state index is 10.4. The van der Waals surface area contributed by atoms with E-state index in [0.29, 0.717) is 4.34 Å². The van der Waals surface area contributed by atoms with E-state index in [1.807, 2.05) is 44.2 Å². The first kappa shape index (κ1) is 14.9. The van der Waals surface area contributed by atoms with Gasteiger partial charge in [0.25, 0.3) is 0 Å². The second-order valence-electron chi connectivity index (χ2n) is 4.41. The number of hydrogen-bond donors (Lipinski definition) is 1. The number of aliphatic hydroxyl groups is 1. The third-order valence-electron chi connectivity index (χ3n) is 2.48. The standard InChI is InChI=1S/C14H14BrClO2S/c1-8(2)18-10-5-3-4-9(6-10)13(17)12-7-11(15)14(16)19-12/h3-8,13,17H,1-2H3. The average Bonchev–Trinajstić information content (AvgIpc) is 2.68. The van der Waals surface area contributed by atoms with E-state index >= 15 is 0 Å². The van der Waals surface area contributed by atoms with E-state index in [-0.39, 0.29) is 6.10 Å². The quantitative estimate of drug-likeness (QED) is 0.827. The summed E-state index contributed by atoms with van der Waals surface area (Å²) in [5.74, 6) is 0.758. The summed E-state index contributed by atoms with van der Waals surface area (Å²) in [5, 5.41) is 10.4. The molecule has 102 valence electrons. The van der Waals surface area contributed by atoms with Crippen LogP contribution in [0.25, 0.3) is 0 Å². The molecule has 0 saturated heterocycles. The van der Waals surface area contributed by atoms with E-state index in [0.717, 1.165) is 20.7 Å². The molecule has 19 heavy (non-hydrogen) atoms. The van der Waals surface area contributed by atoms with Gasteiger partial charge in [0.15, 0.2) is 0 Å². The minimum atomic E-state index is -0.690. The van der Waals surface area contributed by atoms with E-state index in [1.54, 1.807) is 0 Å². The number of aliphatic hydroxyl groups excluding tert-OH is 1. The zero-order valence-corrected chi connectivity index (χ0v) is 13.7. The lowest BCUT2D eigenvalue weighted by Gasteiger charge is -2.13. The third kappa shape index (κ3) is 3.72. The van der Waals surface area contributed by atoms with Crippen LogP contribution in [0, 0.1) is 0 Å². The van der Waals surface area contributed by atoms with E-state index in [4.69, 9.17) is 16.3 Å². The zero-order chi connectivity index (χ0) is 14.0. The Hall–Kier alpha value is -0.550. The van der Waals surface area contributed by atoms with E-state index < -0.39 is 6.10 Å². The first-order valence-electron chi connectivity index (χ1n) is 5.87. The molecule has 0 fully saturated rings. The summed E-state index contributed by atoms with van der Waals surface area (Å²) in [5.41, 5.74) is 0.795. The van der Waals surface area contributed by atoms with Crippen LogP contribution in [0.5, 0.6) is 5.75 Å². The predicted octanol–water partition coefficient (Wildman–Crippen LogP) is 5.03. The fourth-order valence-electron chi connectivity index (χ4n) is 1.69. The van der Waals surface area contributed by atoms with Crippen LogP contribution in [0.1, 0.15) is 30.4 Å². The van der Waals surface area contributed by atoms with Crippen molar-refractivity contribution in [2.75, 3.05) is 0 Å². The van der Waals surface area contributed by atoms with Gasteiger partial charge in [-0.1, -0.05) is 23.7 Å². The minimum Gasteiger partial charge on any atom is -0.491 e. The van der Waals surface area contributed by atoms with Gasteiger partial charge in [0.2, 0.25) is 0 Å². The van der Waals surface area contributed by atoms with Gasteiger partial charge in [0.1, 0.15) is 16.2 Å². The highest BCUT2D eigenvalue weighted by Crippen LogP contribution is 2.37. The maximum absolute atomic E-state index is 10.4. The molecule has 0 amide bonds. The van der Waals surface area contributed by atoms with Gasteiger partial charge in [0.05, 0.1) is 6.10 Å². The number of hydrogen-bond acceptors (Lipinski definition) is 3. The van der Waals surface area contributed by atoms with E-state index in [1.165, 1.54) is 11.3 Å². The molecule has 5 heteroatoms. The molecule has 1 aromatic heterocycles. The van der Waals surface area contributed by atoms with Crippen molar-refractivity contribution >= 4 is 38.9 Å². The highest BCUT2D eigenvalue weighted by Gasteiger charge is 2.16. The number of ether oxygens (including phenoxy) is 1. The molecule has 2 rings (SSSR count). The van der Waals surface area contributed by atoms with E-state index in [9.17, 15) is 5.11 Å². The Balaban J connectivity index is 2.25. The summed E-state index contributed by atoms with van der Waals surface area (Å²) < 4.78 is 7.08. The molecule has 2 aromatic rings. The molecule has 0 aliphatic carbocycles. The lowest BCUT2D eigenvalue weighted by Crippen LogP contribution is -2.06. The fourth-order valence-corrected chi connectivity index (χ4v) is 3.44. The molecule has 0 saturated carbocycles. The topological polar surface area (TPSA) is 29.5 Å². The van der Waals surface area contributed by atoms with Crippen molar-refractivity contribution < 1.29 is 9.84 Å². The first-order chi connectivity index (χ1) is 8.97. The summed E-state index contributed by atoms with van der Waals surface area (Å²) in [6.45, 7) is 3.94. The van der Waals surface area contributed by atoms with E-state index in [2.05, 4.69) is 15.9 Å². The Kier molecular flexibility index (Phi) is 4.90. The number of benzene rings is 1. The minimum absolute atomic E-state index is 0.109. The molecule has 0 spiro atoms. The second-order valence-corrected chi connectivity index (χ2v) is 6.95. The summed E-state index contributed by atoms with van der Waals surface area (Å²) in [4.78, 5) is 0.804. The molecule has 0 bridgehead atoms. The Morgan fingerprint density at radius 3 is 2.63 bits per heavy atom. The molecular formula is C14H14BrClO2S. The van der Waals surface area contributed by atoms with Crippen LogP contribution in [0.2, 0.25) is 4.34 Å². The smallest absolute Gasteiger partial charge is 0.120 e. The Labute approximate surface area is 130 Å². The van der Waals surface area contributed by atoms with Crippen LogP contribution < -0.4 is 4.74 Å². The van der Waals surface area contributed by atoms with Crippen LogP contribution >= 0.6 is 38.9 Å². The van der Waals surface area contributed by atoms with Gasteiger partial charge in [-0.2, -0.15) is 0 Å². The fraction of sp³-hybridized carbons (Fsp3) is 0.286. The molecular weight excluding hydrogens is 348 g/mol. The normalized spacial score (nSPS) is 12.7. The number of rotatable bonds is 4. The largest absolute Gasteiger partial charge is 0.491 e. The maximum Gasteiger partial charge on any atom is 0.120 e. The van der Waals surface area contributed by atoms with Crippen LogP contribution in [-0.4, -0.2) is 11.2 Å². The average molecular weight is 362 g/mol. The van der Waals surface area contributed by atoms with Crippen molar-refractivity contribution in [3.63, 3.8) is 0 Å². The van der Waals surface area contributed by atoms with Gasteiger partial charge in [-0.15, -0.1) is 11.3 Å². The van der Waals surface area contributed by atoms with Crippen molar-refractivity contribution in [2.45, 2.75) is 26.1 Å². The van der Waals surface area contributed by atoms with Gasteiger partial charge in [-0.05, 0) is 53.5 Å². The molecule has 1 unspecified atom stereocenters. The van der Waals surface area contributed by atoms with Crippen molar-refractivity contribution in [1.82, 2.24) is 0 Å². The van der Waals surface area contributed by atoms with Gasteiger partial charge >= 0.3 is 0 Å². The van der Waals surface area contributed by atoms with Crippen LogP contribution in [-0.2, 0) is 0 Å². The van der Waals surface area contributed by atoms with Gasteiger partial charge < -0.3 is 9.84 Å². The second kappa shape index (κ2) is 6.27. The first-order valence-corrected chi connectivity index (χ1v) is 7.85.